The number of hydrogen-bond acceptors (Lipinski definition) is 6. The van der Waals surface area contributed by atoms with Gasteiger partial charge in [0.25, 0.3) is 0 Å². The summed E-state index contributed by atoms with van der Waals surface area (Å²) in [5, 5.41) is 41.1. The maximum atomic E-state index is 9.88. The second-order valence-electron chi connectivity index (χ2n) is 4.61. The molecule has 6 nitrogen and oxygen atoms in total. The highest BCUT2D eigenvalue weighted by molar-refractivity contribution is 4.84. The summed E-state index contributed by atoms with van der Waals surface area (Å²) in [6.45, 7) is 5.51. The molecule has 1 heterocycles. The summed E-state index contributed by atoms with van der Waals surface area (Å²) in [7, 11) is 0. The third kappa shape index (κ3) is 2.91. The van der Waals surface area contributed by atoms with Crippen LogP contribution < -0.4 is 5.32 Å². The van der Waals surface area contributed by atoms with E-state index in [4.69, 9.17) is 0 Å². The summed E-state index contributed by atoms with van der Waals surface area (Å²) in [5.74, 6) is -0.0490. The molecule has 1 rings (SSSR count). The van der Waals surface area contributed by atoms with Crippen molar-refractivity contribution in [1.82, 2.24) is 10.2 Å². The summed E-state index contributed by atoms with van der Waals surface area (Å²) >= 11 is 0. The Hall–Kier alpha value is -0.240. The van der Waals surface area contributed by atoms with Crippen LogP contribution in [0, 0.1) is 5.92 Å². The first-order chi connectivity index (χ1) is 7.34. The summed E-state index contributed by atoms with van der Waals surface area (Å²) in [6.07, 6.45) is -4.22. The molecule has 0 spiro atoms. The molecule has 0 aromatic carbocycles. The van der Waals surface area contributed by atoms with E-state index in [9.17, 15) is 20.4 Å². The van der Waals surface area contributed by atoms with Gasteiger partial charge in [-0.05, 0) is 13.8 Å². The maximum Gasteiger partial charge on any atom is 0.137 e. The number of nitrogens with zero attached hydrogens (tertiary/aromatic N) is 1. The Balaban J connectivity index is 2.65. The van der Waals surface area contributed by atoms with Crippen LogP contribution in [0.15, 0.2) is 0 Å². The molecule has 1 fully saturated rings. The first-order valence-corrected chi connectivity index (χ1v) is 5.58. The molecule has 6 heteroatoms. The molecule has 0 aromatic heterocycles. The number of rotatable bonds is 3. The maximum absolute atomic E-state index is 9.88. The normalized spacial score (nSPS) is 38.1. The van der Waals surface area contributed by atoms with Crippen LogP contribution in [0.3, 0.4) is 0 Å². The molecule has 16 heavy (non-hydrogen) atoms. The lowest BCUT2D eigenvalue weighted by Gasteiger charge is -2.44. The van der Waals surface area contributed by atoms with Gasteiger partial charge in [0.15, 0.2) is 0 Å². The molecule has 0 radical (unpaired) electrons. The van der Waals surface area contributed by atoms with Gasteiger partial charge < -0.3 is 20.4 Å². The van der Waals surface area contributed by atoms with Gasteiger partial charge in [0, 0.05) is 12.5 Å². The van der Waals surface area contributed by atoms with E-state index in [1.54, 1.807) is 11.8 Å². The van der Waals surface area contributed by atoms with Gasteiger partial charge in [-0.3, -0.25) is 10.2 Å². The van der Waals surface area contributed by atoms with Crippen molar-refractivity contribution in [2.75, 3.05) is 6.54 Å². The Labute approximate surface area is 95.5 Å². The molecule has 0 saturated carbocycles. The first-order valence-electron chi connectivity index (χ1n) is 5.58. The fourth-order valence-electron chi connectivity index (χ4n) is 1.88. The zero-order valence-corrected chi connectivity index (χ0v) is 9.91. The third-order valence-corrected chi connectivity index (χ3v) is 3.09. The second kappa shape index (κ2) is 5.39. The van der Waals surface area contributed by atoms with E-state index in [-0.39, 0.29) is 12.1 Å². The minimum Gasteiger partial charge on any atom is -0.391 e. The Kier molecular flexibility index (Phi) is 4.66. The molecule has 1 aliphatic heterocycles. The zero-order valence-electron chi connectivity index (χ0n) is 9.91. The Bertz CT molecular complexity index is 227. The minimum absolute atomic E-state index is 0.0490. The molecule has 0 bridgehead atoms. The second-order valence-corrected chi connectivity index (χ2v) is 4.61. The highest BCUT2D eigenvalue weighted by Gasteiger charge is 2.36. The van der Waals surface area contributed by atoms with Crippen LogP contribution in [0.2, 0.25) is 0 Å². The van der Waals surface area contributed by atoms with Crippen molar-refractivity contribution < 1.29 is 20.4 Å². The Morgan fingerprint density at radius 2 is 1.81 bits per heavy atom. The number of nitrogens with one attached hydrogen (secondary N) is 1. The Morgan fingerprint density at radius 1 is 1.25 bits per heavy atom. The molecule has 1 saturated heterocycles. The zero-order chi connectivity index (χ0) is 12.5. The molecule has 1 aliphatic rings. The molecule has 96 valence electrons. The van der Waals surface area contributed by atoms with Crippen molar-refractivity contribution in [3.8, 4) is 0 Å². The van der Waals surface area contributed by atoms with Crippen molar-refractivity contribution in [3.63, 3.8) is 0 Å². The number of aliphatic hydroxyl groups excluding tert-OH is 4. The lowest BCUT2D eigenvalue weighted by atomic mass is 10.0. The monoisotopic (exact) mass is 234 g/mol. The molecule has 5 unspecified atom stereocenters. The quantitative estimate of drug-likeness (QED) is 0.397. The molecule has 0 aliphatic carbocycles. The van der Waals surface area contributed by atoms with E-state index in [1.165, 1.54) is 6.92 Å². The van der Waals surface area contributed by atoms with E-state index in [1.807, 2.05) is 6.92 Å². The van der Waals surface area contributed by atoms with Crippen LogP contribution in [-0.2, 0) is 0 Å². The van der Waals surface area contributed by atoms with E-state index >= 15 is 0 Å². The molecule has 0 aromatic rings. The van der Waals surface area contributed by atoms with Gasteiger partial charge in [-0.25, -0.2) is 0 Å². The highest BCUT2D eigenvalue weighted by atomic mass is 16.4. The van der Waals surface area contributed by atoms with Crippen LogP contribution in [0.5, 0.6) is 0 Å². The summed E-state index contributed by atoms with van der Waals surface area (Å²) in [6, 6.07) is 0. The van der Waals surface area contributed by atoms with Crippen LogP contribution in [0.25, 0.3) is 0 Å². The van der Waals surface area contributed by atoms with Crippen LogP contribution in [0.1, 0.15) is 20.8 Å². The van der Waals surface area contributed by atoms with Crippen molar-refractivity contribution in [2.45, 2.75) is 51.6 Å². The summed E-state index contributed by atoms with van der Waals surface area (Å²) in [4.78, 5) is 1.62. The van der Waals surface area contributed by atoms with E-state index in [0.717, 1.165) is 0 Å². The van der Waals surface area contributed by atoms with Gasteiger partial charge in [-0.15, -0.1) is 0 Å². The van der Waals surface area contributed by atoms with E-state index in [2.05, 4.69) is 5.32 Å². The number of hydrogen-bond donors (Lipinski definition) is 5. The number of aliphatic hydroxyl groups is 4. The SMILES string of the molecule is CC(O)C(O)C(O)N1CC(C)C(O)N[C@H]1C. The van der Waals surface area contributed by atoms with Crippen molar-refractivity contribution in [2.24, 2.45) is 5.92 Å². The Morgan fingerprint density at radius 3 is 2.31 bits per heavy atom. The van der Waals surface area contributed by atoms with Crippen LogP contribution in [-0.4, -0.2) is 62.7 Å². The topological polar surface area (TPSA) is 96.2 Å². The first kappa shape index (κ1) is 13.8. The molecule has 0 amide bonds. The average molecular weight is 234 g/mol. The predicted octanol–water partition coefficient (Wildman–Crippen LogP) is -1.75. The van der Waals surface area contributed by atoms with Crippen LogP contribution >= 0.6 is 0 Å². The average Bonchev–Trinajstić information content (AvgIpc) is 2.21. The standard InChI is InChI=1S/C10H22N2O4/c1-5-4-12(7(3)11-9(5)15)10(16)8(14)6(2)13/h5-11,13-16H,4H2,1-3H3/t5?,6?,7-,8?,9?,10?/m1/s1. The molecule has 6 atom stereocenters. The summed E-state index contributed by atoms with van der Waals surface area (Å²) < 4.78 is 0. The van der Waals surface area contributed by atoms with Gasteiger partial charge in [0.1, 0.15) is 18.6 Å². The fourth-order valence-corrected chi connectivity index (χ4v) is 1.88. The lowest BCUT2D eigenvalue weighted by Crippen LogP contribution is -2.63. The lowest BCUT2D eigenvalue weighted by molar-refractivity contribution is -0.163. The van der Waals surface area contributed by atoms with Gasteiger partial charge in [0.05, 0.1) is 12.3 Å². The van der Waals surface area contributed by atoms with Crippen molar-refractivity contribution in [3.05, 3.63) is 0 Å². The van der Waals surface area contributed by atoms with Gasteiger partial charge in [-0.2, -0.15) is 0 Å². The van der Waals surface area contributed by atoms with Crippen molar-refractivity contribution in [1.29, 1.82) is 0 Å². The predicted molar refractivity (Wildman–Crippen MR) is 58.2 cm³/mol. The minimum atomic E-state index is -1.22. The molecular formula is C10H22N2O4. The van der Waals surface area contributed by atoms with Crippen LogP contribution in [0.4, 0.5) is 0 Å². The summed E-state index contributed by atoms with van der Waals surface area (Å²) in [5.41, 5.74) is 0. The van der Waals surface area contributed by atoms with Gasteiger partial charge >= 0.3 is 0 Å². The largest absolute Gasteiger partial charge is 0.391 e. The van der Waals surface area contributed by atoms with Gasteiger partial charge in [0.2, 0.25) is 0 Å². The third-order valence-electron chi connectivity index (χ3n) is 3.09. The fraction of sp³-hybridized carbons (Fsp3) is 1.00. The van der Waals surface area contributed by atoms with Crippen molar-refractivity contribution >= 4 is 0 Å². The van der Waals surface area contributed by atoms with E-state index < -0.39 is 24.7 Å². The molecule has 5 N–H and O–H groups in total. The van der Waals surface area contributed by atoms with Gasteiger partial charge in [-0.1, -0.05) is 6.92 Å². The van der Waals surface area contributed by atoms with E-state index in [0.29, 0.717) is 6.54 Å². The molecular weight excluding hydrogens is 212 g/mol. The smallest absolute Gasteiger partial charge is 0.137 e. The highest BCUT2D eigenvalue weighted by Crippen LogP contribution is 2.18.